The average molecular weight is 546 g/mol. The summed E-state index contributed by atoms with van der Waals surface area (Å²) in [6.45, 7) is 1.25. The molecule has 220 valence electrons. The summed E-state index contributed by atoms with van der Waals surface area (Å²) in [5, 5.41) is 18.2. The third-order valence-electron chi connectivity index (χ3n) is 7.55. The Labute approximate surface area is 234 Å². The van der Waals surface area contributed by atoms with Gasteiger partial charge in [0.25, 0.3) is 0 Å². The van der Waals surface area contributed by atoms with E-state index >= 15 is 0 Å². The van der Waals surface area contributed by atoms with Crippen molar-refractivity contribution < 1.29 is 19.5 Å². The van der Waals surface area contributed by atoms with Crippen molar-refractivity contribution in [3.05, 3.63) is 35.4 Å². The van der Waals surface area contributed by atoms with Crippen LogP contribution in [0.5, 0.6) is 0 Å². The maximum Gasteiger partial charge on any atom is 0.245 e. The van der Waals surface area contributed by atoms with Gasteiger partial charge in [-0.05, 0) is 75.1 Å². The van der Waals surface area contributed by atoms with E-state index in [1.54, 1.807) is 0 Å². The SMILES string of the molecule is NCCCCCc1ccc(CC(=O)N[C@@H](CO)C(=O)N[C@@H](CCCCN)C(=O)NCCC2CCCCC2)cc1. The lowest BCUT2D eigenvalue weighted by Crippen LogP contribution is -2.55. The first kappa shape index (κ1) is 32.7. The summed E-state index contributed by atoms with van der Waals surface area (Å²) in [6, 6.07) is 5.99. The molecule has 1 saturated carbocycles. The van der Waals surface area contributed by atoms with Gasteiger partial charge in [-0.25, -0.2) is 0 Å². The van der Waals surface area contributed by atoms with Crippen molar-refractivity contribution in [2.75, 3.05) is 26.2 Å². The third-order valence-corrected chi connectivity index (χ3v) is 7.55. The quantitative estimate of drug-likeness (QED) is 0.146. The first-order valence-electron chi connectivity index (χ1n) is 14.9. The summed E-state index contributed by atoms with van der Waals surface area (Å²) in [5.41, 5.74) is 13.2. The molecule has 1 fully saturated rings. The standard InChI is InChI=1S/C30H51N5O4/c31-18-7-2-5-11-24-13-15-25(16-14-24)21-28(37)34-27(22-36)30(39)35-26(12-6-8-19-32)29(38)33-20-17-23-9-3-1-4-10-23/h13-16,23,26-27,36H,1-12,17-22,31-32H2,(H,33,38)(H,34,37)(H,35,39)/t26-,27-/m0/s1. The van der Waals surface area contributed by atoms with Crippen LogP contribution in [0.1, 0.15) is 88.2 Å². The van der Waals surface area contributed by atoms with Crippen molar-refractivity contribution >= 4 is 17.7 Å². The van der Waals surface area contributed by atoms with Gasteiger partial charge in [-0.1, -0.05) is 62.8 Å². The molecule has 3 amide bonds. The number of hydrogen-bond acceptors (Lipinski definition) is 6. The number of unbranched alkanes of at least 4 members (excludes halogenated alkanes) is 3. The number of aryl methyl sites for hydroxylation is 1. The molecule has 9 heteroatoms. The van der Waals surface area contributed by atoms with Gasteiger partial charge in [-0.15, -0.1) is 0 Å². The maximum atomic E-state index is 12.9. The molecule has 0 unspecified atom stereocenters. The number of aliphatic hydroxyl groups is 1. The van der Waals surface area contributed by atoms with E-state index in [1.807, 2.05) is 24.3 Å². The van der Waals surface area contributed by atoms with E-state index in [1.165, 1.54) is 37.7 Å². The highest BCUT2D eigenvalue weighted by Crippen LogP contribution is 2.25. The highest BCUT2D eigenvalue weighted by Gasteiger charge is 2.26. The van der Waals surface area contributed by atoms with Gasteiger partial charge >= 0.3 is 0 Å². The zero-order valence-electron chi connectivity index (χ0n) is 23.6. The van der Waals surface area contributed by atoms with Crippen molar-refractivity contribution in [2.45, 2.75) is 102 Å². The summed E-state index contributed by atoms with van der Waals surface area (Å²) >= 11 is 0. The maximum absolute atomic E-state index is 12.9. The molecule has 0 saturated heterocycles. The predicted octanol–water partition coefficient (Wildman–Crippen LogP) is 2.08. The van der Waals surface area contributed by atoms with Crippen molar-refractivity contribution in [3.8, 4) is 0 Å². The minimum absolute atomic E-state index is 0.0960. The molecule has 0 spiro atoms. The predicted molar refractivity (Wildman–Crippen MR) is 155 cm³/mol. The molecule has 8 N–H and O–H groups in total. The van der Waals surface area contributed by atoms with Crippen LogP contribution in [0, 0.1) is 5.92 Å². The molecule has 9 nitrogen and oxygen atoms in total. The molecule has 0 radical (unpaired) electrons. The molecule has 1 aliphatic rings. The summed E-state index contributed by atoms with van der Waals surface area (Å²) in [4.78, 5) is 38.5. The summed E-state index contributed by atoms with van der Waals surface area (Å²) in [6.07, 6.45) is 13.3. The van der Waals surface area contributed by atoms with E-state index in [2.05, 4.69) is 16.0 Å². The average Bonchev–Trinajstić information content (AvgIpc) is 2.95. The van der Waals surface area contributed by atoms with Gasteiger partial charge in [-0.2, -0.15) is 0 Å². The second kappa shape index (κ2) is 19.6. The van der Waals surface area contributed by atoms with Gasteiger partial charge in [-0.3, -0.25) is 14.4 Å². The van der Waals surface area contributed by atoms with E-state index in [0.717, 1.165) is 44.1 Å². The van der Waals surface area contributed by atoms with Crippen LogP contribution in [0.2, 0.25) is 0 Å². The molecule has 2 rings (SSSR count). The van der Waals surface area contributed by atoms with E-state index in [9.17, 15) is 19.5 Å². The fraction of sp³-hybridized carbons (Fsp3) is 0.700. The van der Waals surface area contributed by atoms with Gasteiger partial charge in [0.1, 0.15) is 12.1 Å². The fourth-order valence-corrected chi connectivity index (χ4v) is 5.13. The van der Waals surface area contributed by atoms with Gasteiger partial charge in [0, 0.05) is 6.54 Å². The van der Waals surface area contributed by atoms with Gasteiger partial charge in [0.2, 0.25) is 17.7 Å². The van der Waals surface area contributed by atoms with Crippen molar-refractivity contribution in [3.63, 3.8) is 0 Å². The zero-order valence-corrected chi connectivity index (χ0v) is 23.6. The number of carbonyl (C=O) groups is 3. The Morgan fingerprint density at radius 3 is 2.15 bits per heavy atom. The number of carbonyl (C=O) groups excluding carboxylic acids is 3. The molecule has 0 aromatic heterocycles. The molecule has 0 aliphatic heterocycles. The summed E-state index contributed by atoms with van der Waals surface area (Å²) < 4.78 is 0. The van der Waals surface area contributed by atoms with E-state index < -0.39 is 24.6 Å². The van der Waals surface area contributed by atoms with E-state index in [-0.39, 0.29) is 18.2 Å². The number of hydrogen-bond donors (Lipinski definition) is 6. The Kier molecular flexibility index (Phi) is 16.4. The smallest absolute Gasteiger partial charge is 0.245 e. The van der Waals surface area contributed by atoms with Crippen molar-refractivity contribution in [2.24, 2.45) is 17.4 Å². The Morgan fingerprint density at radius 2 is 1.49 bits per heavy atom. The van der Waals surface area contributed by atoms with Gasteiger partial charge < -0.3 is 32.5 Å². The monoisotopic (exact) mass is 545 g/mol. The van der Waals surface area contributed by atoms with Crippen molar-refractivity contribution in [1.29, 1.82) is 0 Å². The Bertz CT molecular complexity index is 842. The van der Waals surface area contributed by atoms with Crippen LogP contribution in [0.15, 0.2) is 24.3 Å². The number of amides is 3. The largest absolute Gasteiger partial charge is 0.394 e. The number of benzene rings is 1. The molecule has 2 atom stereocenters. The normalized spacial score (nSPS) is 15.4. The lowest BCUT2D eigenvalue weighted by Gasteiger charge is -2.24. The van der Waals surface area contributed by atoms with Crippen LogP contribution < -0.4 is 27.4 Å². The number of nitrogens with two attached hydrogens (primary N) is 2. The van der Waals surface area contributed by atoms with Gasteiger partial charge in [0.05, 0.1) is 13.0 Å². The van der Waals surface area contributed by atoms with Crippen molar-refractivity contribution in [1.82, 2.24) is 16.0 Å². The molecule has 0 bridgehead atoms. The first-order valence-corrected chi connectivity index (χ1v) is 14.9. The first-order chi connectivity index (χ1) is 19.0. The fourth-order valence-electron chi connectivity index (χ4n) is 5.13. The van der Waals surface area contributed by atoms with Crippen LogP contribution >= 0.6 is 0 Å². The molecular weight excluding hydrogens is 494 g/mol. The lowest BCUT2D eigenvalue weighted by atomic mass is 9.87. The molecule has 1 aliphatic carbocycles. The second-order valence-corrected chi connectivity index (χ2v) is 10.8. The lowest BCUT2D eigenvalue weighted by molar-refractivity contribution is -0.133. The van der Waals surface area contributed by atoms with E-state index in [4.69, 9.17) is 11.5 Å². The topological polar surface area (TPSA) is 160 Å². The van der Waals surface area contributed by atoms with Crippen LogP contribution in [-0.4, -0.2) is 61.2 Å². The van der Waals surface area contributed by atoms with Gasteiger partial charge in [0.15, 0.2) is 0 Å². The number of aliphatic hydroxyl groups excluding tert-OH is 1. The number of rotatable bonds is 19. The molecular formula is C30H51N5O4. The highest BCUT2D eigenvalue weighted by atomic mass is 16.3. The Balaban J connectivity index is 1.84. The van der Waals surface area contributed by atoms with E-state index in [0.29, 0.717) is 38.4 Å². The Hall–Kier alpha value is -2.49. The minimum atomic E-state index is -1.13. The van der Waals surface area contributed by atoms with Crippen LogP contribution in [0.4, 0.5) is 0 Å². The van der Waals surface area contributed by atoms with Crippen LogP contribution in [0.25, 0.3) is 0 Å². The minimum Gasteiger partial charge on any atom is -0.394 e. The second-order valence-electron chi connectivity index (χ2n) is 10.8. The molecule has 0 heterocycles. The summed E-state index contributed by atoms with van der Waals surface area (Å²) in [5.74, 6) is -0.520. The molecule has 39 heavy (non-hydrogen) atoms. The third kappa shape index (κ3) is 13.4. The summed E-state index contributed by atoms with van der Waals surface area (Å²) in [7, 11) is 0. The van der Waals surface area contributed by atoms with Crippen LogP contribution in [0.3, 0.4) is 0 Å². The number of nitrogens with one attached hydrogen (secondary N) is 3. The molecule has 1 aromatic carbocycles. The Morgan fingerprint density at radius 1 is 0.821 bits per heavy atom. The zero-order chi connectivity index (χ0) is 28.3. The highest BCUT2D eigenvalue weighted by molar-refractivity contribution is 5.92. The molecule has 1 aromatic rings. The van der Waals surface area contributed by atoms with Crippen LogP contribution in [-0.2, 0) is 27.2 Å².